The number of nitrogens with zero attached hydrogens (tertiary/aromatic N) is 1. The average Bonchev–Trinajstić information content (AvgIpc) is 2.34. The van der Waals surface area contributed by atoms with Crippen LogP contribution >= 0.6 is 12.2 Å². The minimum atomic E-state index is 0.332. The molecule has 11 heavy (non-hydrogen) atoms. The third-order valence-electron chi connectivity index (χ3n) is 2.20. The van der Waals surface area contributed by atoms with Gasteiger partial charge < -0.3 is 5.32 Å². The summed E-state index contributed by atoms with van der Waals surface area (Å²) in [5.74, 6) is 0. The van der Waals surface area contributed by atoms with Crippen LogP contribution < -0.4 is 16.0 Å². The normalized spacial score (nSPS) is 38.5. The van der Waals surface area contributed by atoms with Crippen molar-refractivity contribution in [3.63, 3.8) is 0 Å². The van der Waals surface area contributed by atoms with Gasteiger partial charge in [0.15, 0.2) is 0 Å². The first kappa shape index (κ1) is 7.42. The third kappa shape index (κ3) is 1.14. The van der Waals surface area contributed by atoms with Crippen LogP contribution in [0.4, 0.5) is 0 Å². The summed E-state index contributed by atoms with van der Waals surface area (Å²) in [5, 5.41) is 9.74. The number of rotatable bonds is 0. The SMILES string of the molecule is CN1CNC2NCNC(=S)C21. The van der Waals surface area contributed by atoms with E-state index < -0.39 is 0 Å². The van der Waals surface area contributed by atoms with E-state index in [-0.39, 0.29) is 0 Å². The standard InChI is InChI=1S/C6H12N4S/c1-10-3-9-5-4(10)6(11)8-2-7-5/h4-5,7,9H,2-3H2,1H3,(H,8,11). The summed E-state index contributed by atoms with van der Waals surface area (Å²) >= 11 is 5.19. The van der Waals surface area contributed by atoms with Crippen molar-refractivity contribution in [2.24, 2.45) is 0 Å². The van der Waals surface area contributed by atoms with Crippen LogP contribution in [0.5, 0.6) is 0 Å². The smallest absolute Gasteiger partial charge is 0.0968 e. The zero-order chi connectivity index (χ0) is 7.84. The van der Waals surface area contributed by atoms with Crippen molar-refractivity contribution in [1.82, 2.24) is 20.9 Å². The topological polar surface area (TPSA) is 39.3 Å². The average molecular weight is 172 g/mol. The van der Waals surface area contributed by atoms with Crippen LogP contribution in [-0.2, 0) is 0 Å². The predicted molar refractivity (Wildman–Crippen MR) is 47.1 cm³/mol. The van der Waals surface area contributed by atoms with E-state index >= 15 is 0 Å². The number of fused-ring (bicyclic) bond motifs is 1. The van der Waals surface area contributed by atoms with Crippen molar-refractivity contribution < 1.29 is 0 Å². The van der Waals surface area contributed by atoms with Crippen LogP contribution in [0.3, 0.4) is 0 Å². The minimum Gasteiger partial charge on any atom is -0.366 e. The number of thiocarbonyl (C=S) groups is 1. The highest BCUT2D eigenvalue weighted by atomic mass is 32.1. The summed E-state index contributed by atoms with van der Waals surface area (Å²) in [5.41, 5.74) is 0. The van der Waals surface area contributed by atoms with Gasteiger partial charge in [0, 0.05) is 6.67 Å². The minimum absolute atomic E-state index is 0.332. The van der Waals surface area contributed by atoms with Gasteiger partial charge in [0.1, 0.15) is 0 Å². The van der Waals surface area contributed by atoms with Crippen LogP contribution in [0.15, 0.2) is 0 Å². The van der Waals surface area contributed by atoms with Gasteiger partial charge >= 0.3 is 0 Å². The molecule has 2 atom stereocenters. The quantitative estimate of drug-likeness (QED) is 0.394. The summed E-state index contributed by atoms with van der Waals surface area (Å²) in [6, 6.07) is 0.332. The Morgan fingerprint density at radius 3 is 3.09 bits per heavy atom. The van der Waals surface area contributed by atoms with Gasteiger partial charge in [0.25, 0.3) is 0 Å². The highest BCUT2D eigenvalue weighted by Crippen LogP contribution is 2.10. The summed E-state index contributed by atoms with van der Waals surface area (Å²) < 4.78 is 0. The number of hydrogen-bond donors (Lipinski definition) is 3. The van der Waals surface area contributed by atoms with Gasteiger partial charge in [-0.25, -0.2) is 0 Å². The molecule has 0 bridgehead atoms. The molecule has 2 aliphatic rings. The first-order valence-corrected chi connectivity index (χ1v) is 4.14. The molecule has 2 saturated heterocycles. The summed E-state index contributed by atoms with van der Waals surface area (Å²) in [6.45, 7) is 1.69. The van der Waals surface area contributed by atoms with E-state index in [0.29, 0.717) is 12.2 Å². The molecule has 2 rings (SSSR count). The Morgan fingerprint density at radius 2 is 2.36 bits per heavy atom. The van der Waals surface area contributed by atoms with Crippen LogP contribution in [0.25, 0.3) is 0 Å². The van der Waals surface area contributed by atoms with Gasteiger partial charge in [0.2, 0.25) is 0 Å². The summed E-state index contributed by atoms with van der Waals surface area (Å²) in [6.07, 6.45) is 0.341. The fourth-order valence-electron chi connectivity index (χ4n) is 1.59. The maximum atomic E-state index is 5.19. The zero-order valence-corrected chi connectivity index (χ0v) is 7.24. The molecule has 4 nitrogen and oxygen atoms in total. The molecule has 62 valence electrons. The molecule has 0 amide bonds. The van der Waals surface area contributed by atoms with Gasteiger partial charge in [-0.2, -0.15) is 0 Å². The molecule has 0 aromatic rings. The van der Waals surface area contributed by atoms with E-state index in [9.17, 15) is 0 Å². The molecule has 0 aliphatic carbocycles. The third-order valence-corrected chi connectivity index (χ3v) is 2.59. The van der Waals surface area contributed by atoms with Crippen LogP contribution in [0, 0.1) is 0 Å². The van der Waals surface area contributed by atoms with Gasteiger partial charge in [0.05, 0.1) is 23.9 Å². The van der Waals surface area contributed by atoms with E-state index in [1.165, 1.54) is 0 Å². The number of nitrogens with one attached hydrogen (secondary N) is 3. The Kier molecular flexibility index (Phi) is 1.80. The molecule has 0 aromatic carbocycles. The molecular formula is C6H12N4S. The van der Waals surface area contributed by atoms with Crippen molar-refractivity contribution in [3.8, 4) is 0 Å². The summed E-state index contributed by atoms with van der Waals surface area (Å²) in [4.78, 5) is 3.15. The Bertz CT molecular complexity index is 181. The van der Waals surface area contributed by atoms with Crippen molar-refractivity contribution >= 4 is 17.2 Å². The molecular weight excluding hydrogens is 160 g/mol. The molecule has 2 unspecified atom stereocenters. The lowest BCUT2D eigenvalue weighted by atomic mass is 10.2. The van der Waals surface area contributed by atoms with E-state index in [2.05, 4.69) is 27.9 Å². The van der Waals surface area contributed by atoms with Crippen molar-refractivity contribution in [3.05, 3.63) is 0 Å². The van der Waals surface area contributed by atoms with E-state index in [1.807, 2.05) is 0 Å². The van der Waals surface area contributed by atoms with Gasteiger partial charge in [-0.15, -0.1) is 0 Å². The first-order chi connectivity index (χ1) is 5.29. The van der Waals surface area contributed by atoms with Crippen LogP contribution in [-0.4, -0.2) is 42.5 Å². The highest BCUT2D eigenvalue weighted by molar-refractivity contribution is 7.80. The first-order valence-electron chi connectivity index (χ1n) is 3.74. The maximum absolute atomic E-state index is 5.19. The van der Waals surface area contributed by atoms with Crippen LogP contribution in [0.2, 0.25) is 0 Å². The second-order valence-corrected chi connectivity index (χ2v) is 3.40. The Morgan fingerprint density at radius 1 is 1.55 bits per heavy atom. The molecule has 0 saturated carbocycles. The van der Waals surface area contributed by atoms with Gasteiger partial charge in [-0.05, 0) is 7.05 Å². The molecule has 3 N–H and O–H groups in total. The fraction of sp³-hybridized carbons (Fsp3) is 0.833. The monoisotopic (exact) mass is 172 g/mol. The molecule has 0 radical (unpaired) electrons. The molecule has 2 fully saturated rings. The van der Waals surface area contributed by atoms with E-state index in [1.54, 1.807) is 0 Å². The van der Waals surface area contributed by atoms with E-state index in [4.69, 9.17) is 12.2 Å². The molecule has 2 aliphatic heterocycles. The van der Waals surface area contributed by atoms with Gasteiger partial charge in [-0.1, -0.05) is 12.2 Å². The number of hydrogen-bond acceptors (Lipinski definition) is 4. The van der Waals surface area contributed by atoms with Crippen LogP contribution in [0.1, 0.15) is 0 Å². The lowest BCUT2D eigenvalue weighted by Crippen LogP contribution is -2.61. The highest BCUT2D eigenvalue weighted by Gasteiger charge is 2.36. The zero-order valence-electron chi connectivity index (χ0n) is 6.42. The predicted octanol–water partition coefficient (Wildman–Crippen LogP) is -1.35. The molecule has 0 aromatic heterocycles. The number of likely N-dealkylation sites (N-methyl/N-ethyl adjacent to an activating group) is 1. The second kappa shape index (κ2) is 2.67. The second-order valence-electron chi connectivity index (χ2n) is 2.96. The summed E-state index contributed by atoms with van der Waals surface area (Å²) in [7, 11) is 2.07. The van der Waals surface area contributed by atoms with Crippen molar-refractivity contribution in [2.75, 3.05) is 20.4 Å². The molecule has 0 spiro atoms. The molecule has 5 heteroatoms. The van der Waals surface area contributed by atoms with Gasteiger partial charge in [-0.3, -0.25) is 15.5 Å². The Hall–Kier alpha value is -0.230. The lowest BCUT2D eigenvalue weighted by molar-refractivity contribution is 0.328. The Labute approximate surface area is 71.3 Å². The Balaban J connectivity index is 2.14. The lowest BCUT2D eigenvalue weighted by Gasteiger charge is -2.31. The van der Waals surface area contributed by atoms with E-state index in [0.717, 1.165) is 18.3 Å². The van der Waals surface area contributed by atoms with Crippen molar-refractivity contribution in [1.29, 1.82) is 0 Å². The largest absolute Gasteiger partial charge is 0.366 e. The maximum Gasteiger partial charge on any atom is 0.0968 e. The molecule has 2 heterocycles. The van der Waals surface area contributed by atoms with Crippen molar-refractivity contribution in [2.45, 2.75) is 12.2 Å². The fourth-order valence-corrected chi connectivity index (χ4v) is 1.98.